The Bertz CT molecular complexity index is 867. The monoisotopic (exact) mass is 352 g/mol. The third-order valence-electron chi connectivity index (χ3n) is 4.38. The Morgan fingerprint density at radius 2 is 1.48 bits per heavy atom. The zero-order valence-corrected chi connectivity index (χ0v) is 15.4. The van der Waals surface area contributed by atoms with E-state index in [4.69, 9.17) is 5.14 Å². The number of benzene rings is 1. The molecule has 1 heterocycles. The number of anilines is 1. The third kappa shape index (κ3) is 3.17. The van der Waals surface area contributed by atoms with E-state index in [1.807, 2.05) is 27.7 Å². The summed E-state index contributed by atoms with van der Waals surface area (Å²) in [4.78, 5) is 12.5. The van der Waals surface area contributed by atoms with E-state index in [9.17, 15) is 13.2 Å². The second-order valence-electron chi connectivity index (χ2n) is 5.61. The molecular formula is C16H20N2O3S2. The van der Waals surface area contributed by atoms with Gasteiger partial charge in [0, 0.05) is 5.69 Å². The van der Waals surface area contributed by atoms with Crippen LogP contribution in [-0.4, -0.2) is 14.3 Å². The lowest BCUT2D eigenvalue weighted by atomic mass is 9.93. The predicted molar refractivity (Wildman–Crippen MR) is 93.8 cm³/mol. The Hall–Kier alpha value is -1.70. The molecule has 0 aliphatic carbocycles. The summed E-state index contributed by atoms with van der Waals surface area (Å²) in [5.41, 5.74) is 6.10. The fourth-order valence-electron chi connectivity index (χ4n) is 2.54. The van der Waals surface area contributed by atoms with Crippen LogP contribution in [0.5, 0.6) is 0 Å². The summed E-state index contributed by atoms with van der Waals surface area (Å²) < 4.78 is 23.1. The van der Waals surface area contributed by atoms with Crippen molar-refractivity contribution in [3.63, 3.8) is 0 Å². The first kappa shape index (κ1) is 17.7. The molecule has 7 heteroatoms. The van der Waals surface area contributed by atoms with Gasteiger partial charge in [0.25, 0.3) is 5.91 Å². The van der Waals surface area contributed by atoms with Crippen LogP contribution >= 0.6 is 11.3 Å². The number of amides is 1. The van der Waals surface area contributed by atoms with Crippen molar-refractivity contribution >= 4 is 33.0 Å². The first-order valence-corrected chi connectivity index (χ1v) is 9.47. The Balaban J connectivity index is 2.50. The van der Waals surface area contributed by atoms with Crippen molar-refractivity contribution in [3.8, 4) is 0 Å². The van der Waals surface area contributed by atoms with Gasteiger partial charge < -0.3 is 5.32 Å². The van der Waals surface area contributed by atoms with Crippen molar-refractivity contribution in [2.75, 3.05) is 5.32 Å². The first-order valence-electron chi connectivity index (χ1n) is 7.04. The molecule has 0 atom stereocenters. The maximum absolute atomic E-state index is 12.5. The number of sulfonamides is 1. The molecule has 2 aromatic rings. The molecule has 0 saturated heterocycles. The van der Waals surface area contributed by atoms with Gasteiger partial charge in [0.2, 0.25) is 10.0 Å². The van der Waals surface area contributed by atoms with Gasteiger partial charge in [-0.2, -0.15) is 0 Å². The van der Waals surface area contributed by atoms with Crippen molar-refractivity contribution in [2.45, 2.75) is 39.5 Å². The summed E-state index contributed by atoms with van der Waals surface area (Å²) >= 11 is 1.06. The number of hydrogen-bond donors (Lipinski definition) is 2. The normalized spacial score (nSPS) is 11.6. The molecule has 0 spiro atoms. The van der Waals surface area contributed by atoms with Crippen molar-refractivity contribution in [2.24, 2.45) is 5.14 Å². The van der Waals surface area contributed by atoms with Gasteiger partial charge in [-0.15, -0.1) is 11.3 Å². The van der Waals surface area contributed by atoms with E-state index >= 15 is 0 Å². The molecule has 0 bridgehead atoms. The molecule has 1 aromatic carbocycles. The summed E-state index contributed by atoms with van der Waals surface area (Å²) in [7, 11) is -3.92. The van der Waals surface area contributed by atoms with E-state index in [0.717, 1.165) is 39.3 Å². The van der Waals surface area contributed by atoms with E-state index in [-0.39, 0.29) is 9.77 Å². The molecule has 0 aliphatic rings. The molecule has 0 aliphatic heterocycles. The van der Waals surface area contributed by atoms with Gasteiger partial charge in [-0.05, 0) is 73.9 Å². The number of hydrogen-bond acceptors (Lipinski definition) is 4. The van der Waals surface area contributed by atoms with Crippen molar-refractivity contribution in [1.82, 2.24) is 0 Å². The van der Waals surface area contributed by atoms with E-state index < -0.39 is 15.9 Å². The summed E-state index contributed by atoms with van der Waals surface area (Å²) in [5.74, 6) is -0.460. The zero-order valence-electron chi connectivity index (χ0n) is 13.8. The van der Waals surface area contributed by atoms with Gasteiger partial charge in [0.15, 0.2) is 0 Å². The molecule has 5 nitrogen and oxygen atoms in total. The van der Waals surface area contributed by atoms with Crippen LogP contribution in [0.1, 0.15) is 37.5 Å². The van der Waals surface area contributed by atoms with E-state index in [1.165, 1.54) is 11.6 Å². The van der Waals surface area contributed by atoms with Crippen LogP contribution in [0.25, 0.3) is 0 Å². The lowest BCUT2D eigenvalue weighted by Gasteiger charge is -2.19. The molecule has 2 rings (SSSR count). The fraction of sp³-hybridized carbons (Fsp3) is 0.312. The first-order chi connectivity index (χ1) is 10.6. The van der Waals surface area contributed by atoms with Crippen molar-refractivity contribution < 1.29 is 13.2 Å². The number of rotatable bonds is 3. The average Bonchev–Trinajstić information content (AvgIpc) is 2.97. The van der Waals surface area contributed by atoms with Gasteiger partial charge in [-0.3, -0.25) is 4.79 Å². The van der Waals surface area contributed by atoms with Crippen LogP contribution in [0.3, 0.4) is 0 Å². The van der Waals surface area contributed by atoms with Crippen LogP contribution in [-0.2, 0) is 10.0 Å². The number of nitrogens with two attached hydrogens (primary N) is 1. The largest absolute Gasteiger partial charge is 0.321 e. The number of primary sulfonamides is 1. The minimum atomic E-state index is -3.92. The Kier molecular flexibility index (Phi) is 4.66. The summed E-state index contributed by atoms with van der Waals surface area (Å²) in [6, 6.07) is 1.35. The van der Waals surface area contributed by atoms with Gasteiger partial charge in [-0.25, -0.2) is 13.6 Å². The molecule has 3 N–H and O–H groups in total. The molecule has 0 saturated carbocycles. The maximum atomic E-state index is 12.5. The van der Waals surface area contributed by atoms with E-state index in [0.29, 0.717) is 0 Å². The second-order valence-corrected chi connectivity index (χ2v) is 8.06. The highest BCUT2D eigenvalue weighted by Crippen LogP contribution is 2.31. The van der Waals surface area contributed by atoms with Crippen LogP contribution < -0.4 is 10.5 Å². The standard InChI is InChI=1S/C16H20N2O3S2/c1-8-9(2)11(4)14(12(5)10(8)3)18-16(19)15-13(6-7-22-15)23(17,20)21/h6-7H,1-5H3,(H,18,19)(H2,17,20,21). The smallest absolute Gasteiger partial charge is 0.267 e. The predicted octanol–water partition coefficient (Wildman–Crippen LogP) is 3.19. The SMILES string of the molecule is Cc1c(C)c(C)c(NC(=O)c2sccc2S(N)(=O)=O)c(C)c1C. The third-order valence-corrected chi connectivity index (χ3v) is 6.38. The number of carbonyl (C=O) groups excluding carboxylic acids is 1. The van der Waals surface area contributed by atoms with Crippen molar-refractivity contribution in [1.29, 1.82) is 0 Å². The van der Waals surface area contributed by atoms with Gasteiger partial charge in [0.1, 0.15) is 9.77 Å². The second kappa shape index (κ2) is 6.07. The number of thiophene rings is 1. The molecule has 0 radical (unpaired) electrons. The minimum Gasteiger partial charge on any atom is -0.321 e. The summed E-state index contributed by atoms with van der Waals surface area (Å²) in [6.07, 6.45) is 0. The Labute approximate surface area is 140 Å². The van der Waals surface area contributed by atoms with Gasteiger partial charge in [-0.1, -0.05) is 0 Å². The molecule has 23 heavy (non-hydrogen) atoms. The minimum absolute atomic E-state index is 0.0992. The summed E-state index contributed by atoms with van der Waals surface area (Å²) in [6.45, 7) is 9.95. The topological polar surface area (TPSA) is 89.3 Å². The number of nitrogens with one attached hydrogen (secondary N) is 1. The van der Waals surface area contributed by atoms with E-state index in [2.05, 4.69) is 12.2 Å². The highest BCUT2D eigenvalue weighted by atomic mass is 32.2. The maximum Gasteiger partial charge on any atom is 0.267 e. The lowest BCUT2D eigenvalue weighted by Crippen LogP contribution is -2.19. The van der Waals surface area contributed by atoms with Gasteiger partial charge in [0.05, 0.1) is 0 Å². The zero-order chi connectivity index (χ0) is 17.5. The highest BCUT2D eigenvalue weighted by Gasteiger charge is 2.22. The lowest BCUT2D eigenvalue weighted by molar-refractivity contribution is 0.102. The van der Waals surface area contributed by atoms with Crippen LogP contribution in [0.4, 0.5) is 5.69 Å². The van der Waals surface area contributed by atoms with Crippen LogP contribution in [0.15, 0.2) is 16.3 Å². The Morgan fingerprint density at radius 3 is 1.96 bits per heavy atom. The van der Waals surface area contributed by atoms with Crippen LogP contribution in [0, 0.1) is 34.6 Å². The quantitative estimate of drug-likeness (QED) is 0.889. The molecule has 1 amide bonds. The van der Waals surface area contributed by atoms with Gasteiger partial charge >= 0.3 is 0 Å². The number of carbonyl (C=O) groups is 1. The fourth-order valence-corrected chi connectivity index (χ4v) is 4.42. The Morgan fingerprint density at radius 1 is 1.00 bits per heavy atom. The van der Waals surface area contributed by atoms with Crippen molar-refractivity contribution in [3.05, 3.63) is 44.1 Å². The molecule has 0 unspecified atom stereocenters. The average molecular weight is 352 g/mol. The molecule has 1 aromatic heterocycles. The van der Waals surface area contributed by atoms with Crippen LogP contribution in [0.2, 0.25) is 0 Å². The molecular weight excluding hydrogens is 332 g/mol. The van der Waals surface area contributed by atoms with E-state index in [1.54, 1.807) is 5.38 Å². The molecule has 0 fully saturated rings. The summed E-state index contributed by atoms with van der Waals surface area (Å²) in [5, 5.41) is 9.56. The highest BCUT2D eigenvalue weighted by molar-refractivity contribution is 7.89. The molecule has 124 valence electrons.